The van der Waals surface area contributed by atoms with Gasteiger partial charge in [0.25, 0.3) is 0 Å². The van der Waals surface area contributed by atoms with Gasteiger partial charge in [-0.05, 0) is 40.0 Å². The van der Waals surface area contributed by atoms with Gasteiger partial charge in [0.2, 0.25) is 0 Å². The molecule has 3 nitrogen and oxygen atoms in total. The number of rotatable bonds is 5. The molecule has 0 aliphatic rings. The number of benzene rings is 1. The van der Waals surface area contributed by atoms with E-state index in [1.165, 1.54) is 0 Å². The van der Waals surface area contributed by atoms with Crippen molar-refractivity contribution in [3.05, 3.63) is 28.2 Å². The maximum Gasteiger partial charge on any atom is 0.100 e. The van der Waals surface area contributed by atoms with Crippen LogP contribution in [-0.4, -0.2) is 20.3 Å². The maximum absolute atomic E-state index is 8.78. The lowest BCUT2D eigenvalue weighted by Gasteiger charge is -2.12. The number of halogens is 1. The Morgan fingerprint density at radius 2 is 2.31 bits per heavy atom. The fourth-order valence-corrected chi connectivity index (χ4v) is 1.82. The smallest absolute Gasteiger partial charge is 0.100 e. The summed E-state index contributed by atoms with van der Waals surface area (Å²) < 4.78 is 5.88. The van der Waals surface area contributed by atoms with E-state index in [4.69, 9.17) is 10.00 Å². The van der Waals surface area contributed by atoms with Crippen LogP contribution in [0.3, 0.4) is 0 Å². The lowest BCUT2D eigenvalue weighted by Crippen LogP contribution is -2.15. The van der Waals surface area contributed by atoms with E-state index in [1.807, 2.05) is 12.1 Å². The minimum Gasteiger partial charge on any atom is -0.385 e. The van der Waals surface area contributed by atoms with Crippen molar-refractivity contribution in [2.24, 2.45) is 5.92 Å². The highest BCUT2D eigenvalue weighted by Crippen LogP contribution is 2.20. The number of nitrogens with one attached hydrogen (secondary N) is 1. The number of hydrogen-bond acceptors (Lipinski definition) is 3. The molecular weight excluding hydrogens is 268 g/mol. The number of ether oxygens (including phenoxy) is 1. The van der Waals surface area contributed by atoms with Crippen molar-refractivity contribution in [2.45, 2.75) is 6.92 Å². The monoisotopic (exact) mass is 282 g/mol. The van der Waals surface area contributed by atoms with Gasteiger partial charge in [-0.2, -0.15) is 5.26 Å². The molecule has 1 N–H and O–H groups in total. The highest BCUT2D eigenvalue weighted by molar-refractivity contribution is 9.10. The summed E-state index contributed by atoms with van der Waals surface area (Å²) in [5, 5.41) is 12.1. The average molecular weight is 283 g/mol. The molecule has 1 unspecified atom stereocenters. The van der Waals surface area contributed by atoms with Gasteiger partial charge in [0.1, 0.15) is 6.07 Å². The van der Waals surface area contributed by atoms with Crippen LogP contribution in [-0.2, 0) is 4.74 Å². The van der Waals surface area contributed by atoms with E-state index in [0.717, 1.165) is 23.3 Å². The largest absolute Gasteiger partial charge is 0.385 e. The summed E-state index contributed by atoms with van der Waals surface area (Å²) in [6.45, 7) is 3.71. The molecule has 0 spiro atoms. The zero-order valence-corrected chi connectivity index (χ0v) is 11.0. The number of nitriles is 1. The van der Waals surface area contributed by atoms with Crippen molar-refractivity contribution >= 4 is 21.6 Å². The summed E-state index contributed by atoms with van der Waals surface area (Å²) in [5.41, 5.74) is 1.66. The Balaban J connectivity index is 2.56. The van der Waals surface area contributed by atoms with Gasteiger partial charge in [-0.15, -0.1) is 0 Å². The summed E-state index contributed by atoms with van der Waals surface area (Å²) in [5.74, 6) is 0.458. The molecule has 1 aromatic carbocycles. The van der Waals surface area contributed by atoms with Crippen LogP contribution in [0.4, 0.5) is 5.69 Å². The molecule has 0 saturated carbocycles. The van der Waals surface area contributed by atoms with E-state index in [-0.39, 0.29) is 0 Å². The summed E-state index contributed by atoms with van der Waals surface area (Å²) in [7, 11) is 1.70. The molecule has 16 heavy (non-hydrogen) atoms. The third-order valence-corrected chi connectivity index (χ3v) is 2.85. The fourth-order valence-electron chi connectivity index (χ4n) is 1.35. The molecule has 0 bridgehead atoms. The number of anilines is 1. The van der Waals surface area contributed by atoms with Crippen LogP contribution < -0.4 is 5.32 Å². The number of methoxy groups -OCH3 is 1. The lowest BCUT2D eigenvalue weighted by molar-refractivity contribution is 0.164. The first-order chi connectivity index (χ1) is 7.67. The van der Waals surface area contributed by atoms with Crippen LogP contribution in [0, 0.1) is 17.2 Å². The second-order valence-electron chi connectivity index (χ2n) is 3.75. The molecule has 0 aliphatic heterocycles. The molecule has 1 aromatic rings. The molecule has 0 amide bonds. The predicted molar refractivity (Wildman–Crippen MR) is 68.4 cm³/mol. The molecule has 0 saturated heterocycles. The van der Waals surface area contributed by atoms with E-state index in [0.29, 0.717) is 11.5 Å². The summed E-state index contributed by atoms with van der Waals surface area (Å²) >= 11 is 3.36. The van der Waals surface area contributed by atoms with Gasteiger partial charge >= 0.3 is 0 Å². The van der Waals surface area contributed by atoms with Crippen LogP contribution >= 0.6 is 15.9 Å². The summed E-state index contributed by atoms with van der Waals surface area (Å²) in [6, 6.07) is 7.73. The fraction of sp³-hybridized carbons (Fsp3) is 0.417. The Labute approximate surface area is 105 Å². The second-order valence-corrected chi connectivity index (χ2v) is 4.60. The molecule has 0 heterocycles. The molecule has 0 aromatic heterocycles. The first kappa shape index (κ1) is 13.0. The van der Waals surface area contributed by atoms with Crippen molar-refractivity contribution in [3.63, 3.8) is 0 Å². The quantitative estimate of drug-likeness (QED) is 0.903. The van der Waals surface area contributed by atoms with Crippen LogP contribution in [0.5, 0.6) is 0 Å². The molecule has 86 valence electrons. The van der Waals surface area contributed by atoms with Gasteiger partial charge in [-0.3, -0.25) is 0 Å². The van der Waals surface area contributed by atoms with Gasteiger partial charge in [0.15, 0.2) is 0 Å². The minimum absolute atomic E-state index is 0.458. The van der Waals surface area contributed by atoms with E-state index in [1.54, 1.807) is 13.2 Å². The topological polar surface area (TPSA) is 45.0 Å². The Morgan fingerprint density at radius 3 is 2.88 bits per heavy atom. The van der Waals surface area contributed by atoms with Crippen molar-refractivity contribution in [3.8, 4) is 6.07 Å². The van der Waals surface area contributed by atoms with Crippen molar-refractivity contribution in [1.29, 1.82) is 5.26 Å². The molecular formula is C12H15BrN2O. The SMILES string of the molecule is COCC(C)CNc1ccc(C#N)c(Br)c1. The van der Waals surface area contributed by atoms with E-state index in [2.05, 4.69) is 34.2 Å². The Kier molecular flexibility index (Phi) is 5.30. The third-order valence-electron chi connectivity index (χ3n) is 2.20. The van der Waals surface area contributed by atoms with Crippen molar-refractivity contribution < 1.29 is 4.74 Å². The number of hydrogen-bond donors (Lipinski definition) is 1. The standard InChI is InChI=1S/C12H15BrN2O/c1-9(8-16-2)7-15-11-4-3-10(6-14)12(13)5-11/h3-5,9,15H,7-8H2,1-2H3. The summed E-state index contributed by atoms with van der Waals surface area (Å²) in [4.78, 5) is 0. The first-order valence-electron chi connectivity index (χ1n) is 5.09. The summed E-state index contributed by atoms with van der Waals surface area (Å²) in [6.07, 6.45) is 0. The van der Waals surface area contributed by atoms with E-state index < -0.39 is 0 Å². The number of nitrogens with zero attached hydrogens (tertiary/aromatic N) is 1. The van der Waals surface area contributed by atoms with Crippen molar-refractivity contribution in [1.82, 2.24) is 0 Å². The molecule has 1 rings (SSSR count). The average Bonchev–Trinajstić information content (AvgIpc) is 2.27. The predicted octanol–water partition coefficient (Wildman–Crippen LogP) is 3.02. The van der Waals surface area contributed by atoms with Crippen LogP contribution in [0.25, 0.3) is 0 Å². The second kappa shape index (κ2) is 6.51. The van der Waals surface area contributed by atoms with Crippen LogP contribution in [0.2, 0.25) is 0 Å². The zero-order valence-electron chi connectivity index (χ0n) is 9.46. The van der Waals surface area contributed by atoms with E-state index >= 15 is 0 Å². The maximum atomic E-state index is 8.78. The minimum atomic E-state index is 0.458. The van der Waals surface area contributed by atoms with Gasteiger partial charge < -0.3 is 10.1 Å². The van der Waals surface area contributed by atoms with Gasteiger partial charge in [-0.1, -0.05) is 6.92 Å². The zero-order chi connectivity index (χ0) is 12.0. The Bertz CT molecular complexity index is 387. The molecule has 1 atom stereocenters. The van der Waals surface area contributed by atoms with Gasteiger partial charge in [-0.25, -0.2) is 0 Å². The van der Waals surface area contributed by atoms with Crippen molar-refractivity contribution in [2.75, 3.05) is 25.6 Å². The first-order valence-corrected chi connectivity index (χ1v) is 5.89. The third kappa shape index (κ3) is 3.84. The Hall–Kier alpha value is -1.05. The Morgan fingerprint density at radius 1 is 1.56 bits per heavy atom. The molecule has 0 fully saturated rings. The normalized spacial score (nSPS) is 11.9. The van der Waals surface area contributed by atoms with E-state index in [9.17, 15) is 0 Å². The van der Waals surface area contributed by atoms with Gasteiger partial charge in [0, 0.05) is 23.8 Å². The van der Waals surface area contributed by atoms with Crippen LogP contribution in [0.1, 0.15) is 12.5 Å². The molecule has 0 aliphatic carbocycles. The highest BCUT2D eigenvalue weighted by Gasteiger charge is 2.03. The molecule has 0 radical (unpaired) electrons. The van der Waals surface area contributed by atoms with Gasteiger partial charge in [0.05, 0.1) is 12.2 Å². The molecule has 4 heteroatoms. The highest BCUT2D eigenvalue weighted by atomic mass is 79.9. The lowest BCUT2D eigenvalue weighted by atomic mass is 10.2. The van der Waals surface area contributed by atoms with Crippen LogP contribution in [0.15, 0.2) is 22.7 Å².